The molecule has 0 saturated carbocycles. The van der Waals surface area contributed by atoms with Gasteiger partial charge >= 0.3 is 12.2 Å². The van der Waals surface area contributed by atoms with Crippen LogP contribution in [-0.2, 0) is 6.18 Å². The van der Waals surface area contributed by atoms with E-state index in [1.807, 2.05) is 13.8 Å². The summed E-state index contributed by atoms with van der Waals surface area (Å²) in [7, 11) is 1.52. The summed E-state index contributed by atoms with van der Waals surface area (Å²) in [5.74, 6) is 0.382. The van der Waals surface area contributed by atoms with Crippen LogP contribution in [-0.4, -0.2) is 29.2 Å². The van der Waals surface area contributed by atoms with Crippen LogP contribution in [0, 0.1) is 0 Å². The van der Waals surface area contributed by atoms with E-state index in [2.05, 4.69) is 9.97 Å². The number of ether oxygens (including phenoxy) is 2. The summed E-state index contributed by atoms with van der Waals surface area (Å²) in [5.41, 5.74) is -0.396. The molecule has 1 heterocycles. The van der Waals surface area contributed by atoms with Crippen LogP contribution >= 0.6 is 0 Å². The van der Waals surface area contributed by atoms with Crippen LogP contribution in [0.4, 0.5) is 24.7 Å². The molecule has 1 aromatic carbocycles. The van der Waals surface area contributed by atoms with Crippen molar-refractivity contribution in [2.24, 2.45) is 0 Å². The van der Waals surface area contributed by atoms with Gasteiger partial charge in [-0.1, -0.05) is 6.92 Å². The van der Waals surface area contributed by atoms with Gasteiger partial charge in [-0.15, -0.1) is 0 Å². The summed E-state index contributed by atoms with van der Waals surface area (Å²) in [6.07, 6.45) is -3.17. The minimum absolute atomic E-state index is 0.0583. The SMILES string of the molecule is CCC(C)Oc1ccc(N(C)c2nc(OC(C)C)ncc2C(F)(F)F)cc1. The second kappa shape index (κ2) is 8.45. The zero-order valence-electron chi connectivity index (χ0n) is 16.0. The number of aromatic nitrogens is 2. The maximum Gasteiger partial charge on any atom is 0.421 e. The Morgan fingerprint density at radius 2 is 1.70 bits per heavy atom. The van der Waals surface area contributed by atoms with Gasteiger partial charge in [0.1, 0.15) is 11.3 Å². The first-order chi connectivity index (χ1) is 12.6. The smallest absolute Gasteiger partial charge is 0.421 e. The van der Waals surface area contributed by atoms with E-state index in [0.717, 1.165) is 12.6 Å². The van der Waals surface area contributed by atoms with Crippen molar-refractivity contribution in [2.75, 3.05) is 11.9 Å². The first kappa shape index (κ1) is 20.8. The van der Waals surface area contributed by atoms with Gasteiger partial charge in [-0.3, -0.25) is 0 Å². The van der Waals surface area contributed by atoms with Crippen molar-refractivity contribution in [3.63, 3.8) is 0 Å². The van der Waals surface area contributed by atoms with Gasteiger partial charge in [0.05, 0.1) is 12.2 Å². The molecule has 1 unspecified atom stereocenters. The highest BCUT2D eigenvalue weighted by Crippen LogP contribution is 2.38. The van der Waals surface area contributed by atoms with Crippen LogP contribution in [0.1, 0.15) is 39.7 Å². The Morgan fingerprint density at radius 3 is 2.22 bits per heavy atom. The average Bonchev–Trinajstić information content (AvgIpc) is 2.60. The number of hydrogen-bond donors (Lipinski definition) is 0. The summed E-state index contributed by atoms with van der Waals surface area (Å²) in [4.78, 5) is 9.01. The fraction of sp³-hybridized carbons (Fsp3) is 0.474. The molecule has 5 nitrogen and oxygen atoms in total. The Bertz CT molecular complexity index is 749. The van der Waals surface area contributed by atoms with Crippen LogP contribution < -0.4 is 14.4 Å². The zero-order chi connectivity index (χ0) is 20.2. The second-order valence-electron chi connectivity index (χ2n) is 6.44. The largest absolute Gasteiger partial charge is 0.491 e. The minimum Gasteiger partial charge on any atom is -0.491 e. The molecule has 1 atom stereocenters. The summed E-state index contributed by atoms with van der Waals surface area (Å²) in [6, 6.07) is 6.71. The molecular weight excluding hydrogens is 359 g/mol. The maximum absolute atomic E-state index is 13.4. The average molecular weight is 383 g/mol. The van der Waals surface area contributed by atoms with Crippen LogP contribution in [0.15, 0.2) is 30.5 Å². The fourth-order valence-electron chi connectivity index (χ4n) is 2.27. The van der Waals surface area contributed by atoms with Crippen LogP contribution in [0.25, 0.3) is 0 Å². The summed E-state index contributed by atoms with van der Waals surface area (Å²) in [5, 5.41) is 0. The highest BCUT2D eigenvalue weighted by molar-refractivity contribution is 5.63. The van der Waals surface area contributed by atoms with Crippen LogP contribution in [0.5, 0.6) is 11.8 Å². The Labute approximate surface area is 157 Å². The normalized spacial score (nSPS) is 12.8. The van der Waals surface area contributed by atoms with Gasteiger partial charge in [0.2, 0.25) is 0 Å². The topological polar surface area (TPSA) is 47.5 Å². The van der Waals surface area contributed by atoms with Crippen LogP contribution in [0.2, 0.25) is 0 Å². The zero-order valence-corrected chi connectivity index (χ0v) is 16.0. The minimum atomic E-state index is -4.58. The molecular formula is C19H24F3N3O2. The van der Waals surface area contributed by atoms with Gasteiger partial charge in [-0.25, -0.2) is 4.98 Å². The molecule has 0 aliphatic heterocycles. The summed E-state index contributed by atoms with van der Waals surface area (Å²) < 4.78 is 51.2. The number of benzene rings is 1. The predicted molar refractivity (Wildman–Crippen MR) is 97.7 cm³/mol. The molecule has 0 fully saturated rings. The number of halogens is 3. The van der Waals surface area contributed by atoms with Crippen molar-refractivity contribution in [3.05, 3.63) is 36.0 Å². The quantitative estimate of drug-likeness (QED) is 0.655. The summed E-state index contributed by atoms with van der Waals surface area (Å²) >= 11 is 0. The molecule has 0 radical (unpaired) electrons. The maximum atomic E-state index is 13.4. The molecule has 2 aromatic rings. The number of nitrogens with zero attached hydrogens (tertiary/aromatic N) is 3. The van der Waals surface area contributed by atoms with Crippen molar-refractivity contribution in [3.8, 4) is 11.8 Å². The first-order valence-corrected chi connectivity index (χ1v) is 8.73. The lowest BCUT2D eigenvalue weighted by Gasteiger charge is -2.23. The van der Waals surface area contributed by atoms with Gasteiger partial charge in [-0.2, -0.15) is 18.2 Å². The van der Waals surface area contributed by atoms with E-state index >= 15 is 0 Å². The summed E-state index contributed by atoms with van der Waals surface area (Å²) in [6.45, 7) is 7.46. The molecule has 0 aliphatic rings. The molecule has 0 bridgehead atoms. The van der Waals surface area contributed by atoms with E-state index in [0.29, 0.717) is 11.4 Å². The fourth-order valence-corrected chi connectivity index (χ4v) is 2.27. The Balaban J connectivity index is 2.36. The number of hydrogen-bond acceptors (Lipinski definition) is 5. The molecule has 1 aromatic heterocycles. The number of alkyl halides is 3. The van der Waals surface area contributed by atoms with E-state index in [1.165, 1.54) is 11.9 Å². The van der Waals surface area contributed by atoms with Crippen molar-refractivity contribution in [1.82, 2.24) is 9.97 Å². The molecule has 0 aliphatic carbocycles. The van der Waals surface area contributed by atoms with Crippen LogP contribution in [0.3, 0.4) is 0 Å². The molecule has 2 rings (SSSR count). The highest BCUT2D eigenvalue weighted by Gasteiger charge is 2.36. The standard InChI is InChI=1S/C19H24F3N3O2/c1-6-13(4)27-15-9-7-14(8-10-15)25(5)17-16(19(20,21)22)11-23-18(24-17)26-12(2)3/h7-13H,6H2,1-5H3. The van der Waals surface area contributed by atoms with Gasteiger partial charge in [0, 0.05) is 18.9 Å². The van der Waals surface area contributed by atoms with Crippen molar-refractivity contribution < 1.29 is 22.6 Å². The highest BCUT2D eigenvalue weighted by atomic mass is 19.4. The molecule has 0 amide bonds. The molecule has 27 heavy (non-hydrogen) atoms. The van der Waals surface area contributed by atoms with E-state index < -0.39 is 11.7 Å². The molecule has 0 N–H and O–H groups in total. The van der Waals surface area contributed by atoms with E-state index in [1.54, 1.807) is 38.1 Å². The van der Waals surface area contributed by atoms with Gasteiger partial charge < -0.3 is 14.4 Å². The Hall–Kier alpha value is -2.51. The molecule has 8 heteroatoms. The third-order valence-electron chi connectivity index (χ3n) is 3.85. The van der Waals surface area contributed by atoms with Gasteiger partial charge in [0.15, 0.2) is 5.82 Å². The molecule has 0 saturated heterocycles. The van der Waals surface area contributed by atoms with E-state index in [-0.39, 0.29) is 24.0 Å². The van der Waals surface area contributed by atoms with Gasteiger partial charge in [-0.05, 0) is 51.5 Å². The number of anilines is 2. The third-order valence-corrected chi connectivity index (χ3v) is 3.85. The lowest BCUT2D eigenvalue weighted by molar-refractivity contribution is -0.137. The predicted octanol–water partition coefficient (Wildman–Crippen LogP) is 5.23. The number of rotatable bonds is 7. The van der Waals surface area contributed by atoms with Crippen molar-refractivity contribution in [2.45, 2.75) is 52.5 Å². The first-order valence-electron chi connectivity index (χ1n) is 8.73. The Morgan fingerprint density at radius 1 is 1.07 bits per heavy atom. The second-order valence-corrected chi connectivity index (χ2v) is 6.44. The lowest BCUT2D eigenvalue weighted by atomic mass is 10.2. The van der Waals surface area contributed by atoms with E-state index in [9.17, 15) is 13.2 Å². The third kappa shape index (κ3) is 5.48. The van der Waals surface area contributed by atoms with Gasteiger partial charge in [0.25, 0.3) is 0 Å². The van der Waals surface area contributed by atoms with Crippen molar-refractivity contribution in [1.29, 1.82) is 0 Å². The molecule has 0 spiro atoms. The Kier molecular flexibility index (Phi) is 6.51. The van der Waals surface area contributed by atoms with E-state index in [4.69, 9.17) is 9.47 Å². The lowest BCUT2D eigenvalue weighted by Crippen LogP contribution is -2.20. The molecule has 148 valence electrons. The monoisotopic (exact) mass is 383 g/mol. The van der Waals surface area contributed by atoms with Crippen molar-refractivity contribution >= 4 is 11.5 Å².